The highest BCUT2D eigenvalue weighted by atomic mass is 32.1. The molecule has 0 spiro atoms. The van der Waals surface area contributed by atoms with Crippen molar-refractivity contribution in [2.24, 2.45) is 11.3 Å². The summed E-state index contributed by atoms with van der Waals surface area (Å²) in [7, 11) is 0. The Bertz CT molecular complexity index is 599. The van der Waals surface area contributed by atoms with Gasteiger partial charge in [-0.05, 0) is 30.2 Å². The number of nitrogens with one attached hydrogen (secondary N) is 1. The second-order valence-electron chi connectivity index (χ2n) is 7.45. The van der Waals surface area contributed by atoms with E-state index in [1.54, 1.807) is 16.2 Å². The van der Waals surface area contributed by atoms with Crippen molar-refractivity contribution in [1.29, 1.82) is 0 Å². The summed E-state index contributed by atoms with van der Waals surface area (Å²) in [5.41, 5.74) is -0.829. The average Bonchev–Trinajstić information content (AvgIpc) is 3.18. The quantitative estimate of drug-likeness (QED) is 0.888. The number of fused-ring (bicyclic) bond motifs is 1. The number of amides is 2. The summed E-state index contributed by atoms with van der Waals surface area (Å²) in [6.45, 7) is 5.68. The molecular formula is C17H24N2O3S. The molecule has 0 unspecified atom stereocenters. The number of urea groups is 1. The Balaban J connectivity index is 1.61. The summed E-state index contributed by atoms with van der Waals surface area (Å²) in [4.78, 5) is 27.1. The zero-order valence-electron chi connectivity index (χ0n) is 13.7. The first kappa shape index (κ1) is 16.3. The first-order chi connectivity index (χ1) is 10.8. The maximum Gasteiger partial charge on any atom is 0.317 e. The Morgan fingerprint density at radius 3 is 2.91 bits per heavy atom. The van der Waals surface area contributed by atoms with Gasteiger partial charge < -0.3 is 15.3 Å². The Kier molecular flexibility index (Phi) is 4.12. The van der Waals surface area contributed by atoms with Gasteiger partial charge in [-0.2, -0.15) is 0 Å². The van der Waals surface area contributed by atoms with Gasteiger partial charge in [0.15, 0.2) is 0 Å². The number of hydrogen-bond acceptors (Lipinski definition) is 3. The molecule has 1 aliphatic heterocycles. The highest BCUT2D eigenvalue weighted by Crippen LogP contribution is 2.48. The van der Waals surface area contributed by atoms with E-state index in [0.29, 0.717) is 26.1 Å². The summed E-state index contributed by atoms with van der Waals surface area (Å²) in [6.07, 6.45) is 2.56. The molecule has 1 aliphatic carbocycles. The number of rotatable bonds is 4. The first-order valence-corrected chi connectivity index (χ1v) is 9.03. The van der Waals surface area contributed by atoms with E-state index in [2.05, 4.69) is 25.2 Å². The van der Waals surface area contributed by atoms with E-state index in [1.807, 2.05) is 11.4 Å². The van der Waals surface area contributed by atoms with Gasteiger partial charge in [-0.1, -0.05) is 26.3 Å². The highest BCUT2D eigenvalue weighted by Gasteiger charge is 2.55. The summed E-state index contributed by atoms with van der Waals surface area (Å²) in [5, 5.41) is 14.6. The van der Waals surface area contributed by atoms with Crippen molar-refractivity contribution in [2.75, 3.05) is 19.6 Å². The molecule has 23 heavy (non-hydrogen) atoms. The minimum absolute atomic E-state index is 0.107. The average molecular weight is 336 g/mol. The number of nitrogens with zero attached hydrogens (tertiary/aromatic N) is 1. The van der Waals surface area contributed by atoms with Gasteiger partial charge in [0.25, 0.3) is 0 Å². The second kappa shape index (κ2) is 5.82. The molecule has 0 bridgehead atoms. The van der Waals surface area contributed by atoms with E-state index >= 15 is 0 Å². The third-order valence-electron chi connectivity index (χ3n) is 5.45. The molecule has 2 atom stereocenters. The van der Waals surface area contributed by atoms with Crippen LogP contribution in [0, 0.1) is 11.3 Å². The van der Waals surface area contributed by atoms with E-state index in [4.69, 9.17) is 0 Å². The number of thiophene rings is 1. The molecular weight excluding hydrogens is 312 g/mol. The number of carboxylic acid groups (broad SMARTS) is 1. The van der Waals surface area contributed by atoms with Crippen LogP contribution in [-0.2, 0) is 10.2 Å². The van der Waals surface area contributed by atoms with E-state index in [9.17, 15) is 14.7 Å². The first-order valence-electron chi connectivity index (χ1n) is 8.15. The van der Waals surface area contributed by atoms with Crippen LogP contribution in [0.15, 0.2) is 17.5 Å². The maximum absolute atomic E-state index is 12.5. The highest BCUT2D eigenvalue weighted by molar-refractivity contribution is 7.10. The van der Waals surface area contributed by atoms with E-state index in [-0.39, 0.29) is 17.4 Å². The number of hydrogen-bond donors (Lipinski definition) is 2. The lowest BCUT2D eigenvalue weighted by Crippen LogP contribution is -2.45. The minimum Gasteiger partial charge on any atom is -0.481 e. The van der Waals surface area contributed by atoms with Crippen molar-refractivity contribution in [3.63, 3.8) is 0 Å². The molecule has 6 heteroatoms. The van der Waals surface area contributed by atoms with Crippen molar-refractivity contribution < 1.29 is 14.7 Å². The van der Waals surface area contributed by atoms with Crippen LogP contribution in [0.5, 0.6) is 0 Å². The predicted octanol–water partition coefficient (Wildman–Crippen LogP) is 2.92. The fourth-order valence-electron chi connectivity index (χ4n) is 3.95. The van der Waals surface area contributed by atoms with Gasteiger partial charge in [-0.3, -0.25) is 4.79 Å². The van der Waals surface area contributed by atoms with Crippen LogP contribution in [0.2, 0.25) is 0 Å². The molecule has 2 N–H and O–H groups in total. The molecule has 2 amide bonds. The number of aliphatic carboxylic acids is 1. The van der Waals surface area contributed by atoms with Gasteiger partial charge in [0.1, 0.15) is 0 Å². The van der Waals surface area contributed by atoms with Crippen molar-refractivity contribution >= 4 is 23.3 Å². The summed E-state index contributed by atoms with van der Waals surface area (Å²) in [5.74, 6) is -0.634. The lowest BCUT2D eigenvalue weighted by atomic mass is 9.81. The summed E-state index contributed by atoms with van der Waals surface area (Å²) in [6, 6.07) is 3.96. The van der Waals surface area contributed by atoms with Gasteiger partial charge in [-0.25, -0.2) is 4.79 Å². The maximum atomic E-state index is 12.5. The minimum atomic E-state index is -0.741. The molecule has 1 aromatic heterocycles. The van der Waals surface area contributed by atoms with Gasteiger partial charge in [0.05, 0.1) is 5.41 Å². The summed E-state index contributed by atoms with van der Waals surface area (Å²) < 4.78 is 0. The van der Waals surface area contributed by atoms with Crippen molar-refractivity contribution in [3.8, 4) is 0 Å². The van der Waals surface area contributed by atoms with Crippen LogP contribution in [-0.4, -0.2) is 41.6 Å². The Labute approximate surface area is 140 Å². The molecule has 1 saturated carbocycles. The zero-order valence-corrected chi connectivity index (χ0v) is 14.5. The van der Waals surface area contributed by atoms with Crippen LogP contribution in [0.3, 0.4) is 0 Å². The zero-order chi connectivity index (χ0) is 16.7. The third kappa shape index (κ3) is 2.84. The second-order valence-corrected chi connectivity index (χ2v) is 8.40. The van der Waals surface area contributed by atoms with Crippen molar-refractivity contribution in [3.05, 3.63) is 22.4 Å². The van der Waals surface area contributed by atoms with Crippen LogP contribution in [0.25, 0.3) is 0 Å². The van der Waals surface area contributed by atoms with Gasteiger partial charge in [0.2, 0.25) is 0 Å². The Morgan fingerprint density at radius 2 is 2.30 bits per heavy atom. The van der Waals surface area contributed by atoms with Crippen molar-refractivity contribution in [2.45, 2.75) is 38.5 Å². The molecule has 1 aromatic rings. The van der Waals surface area contributed by atoms with Gasteiger partial charge >= 0.3 is 12.0 Å². The molecule has 126 valence electrons. The van der Waals surface area contributed by atoms with Gasteiger partial charge in [0, 0.05) is 29.9 Å². The van der Waals surface area contributed by atoms with Crippen molar-refractivity contribution in [1.82, 2.24) is 10.2 Å². The van der Waals surface area contributed by atoms with E-state index < -0.39 is 11.4 Å². The molecule has 2 aliphatic rings. The monoisotopic (exact) mass is 336 g/mol. The van der Waals surface area contributed by atoms with Crippen LogP contribution in [0.1, 0.15) is 38.0 Å². The number of likely N-dealkylation sites (tertiary alicyclic amines) is 1. The number of carbonyl (C=O) groups excluding carboxylic acids is 1. The Hall–Kier alpha value is -1.56. The van der Waals surface area contributed by atoms with E-state index in [0.717, 1.165) is 12.8 Å². The number of carbonyl (C=O) groups is 2. The summed E-state index contributed by atoms with van der Waals surface area (Å²) >= 11 is 1.69. The largest absolute Gasteiger partial charge is 0.481 e. The number of carboxylic acids is 1. The topological polar surface area (TPSA) is 69.6 Å². The molecule has 0 aromatic carbocycles. The molecule has 1 saturated heterocycles. The fraction of sp³-hybridized carbons (Fsp3) is 0.647. The smallest absolute Gasteiger partial charge is 0.317 e. The van der Waals surface area contributed by atoms with Crippen LogP contribution >= 0.6 is 11.3 Å². The van der Waals surface area contributed by atoms with Gasteiger partial charge in [-0.15, -0.1) is 11.3 Å². The molecule has 3 rings (SSSR count). The lowest BCUT2D eigenvalue weighted by molar-refractivity contribution is -0.149. The fourth-order valence-corrected chi connectivity index (χ4v) is 4.80. The molecule has 0 radical (unpaired) electrons. The van der Waals surface area contributed by atoms with E-state index in [1.165, 1.54) is 4.88 Å². The third-order valence-corrected chi connectivity index (χ3v) is 6.69. The predicted molar refractivity (Wildman–Crippen MR) is 89.7 cm³/mol. The molecule has 2 heterocycles. The SMILES string of the molecule is CC(C)(CNC(=O)N1C[C@@H]2CCC[C@@]2(C(=O)O)C1)c1cccs1. The van der Waals surface area contributed by atoms with Crippen LogP contribution < -0.4 is 5.32 Å². The Morgan fingerprint density at radius 1 is 1.52 bits per heavy atom. The van der Waals surface area contributed by atoms with Crippen LogP contribution in [0.4, 0.5) is 4.79 Å². The standard InChI is InChI=1S/C17H24N2O3S/c1-16(2,13-6-4-8-23-13)10-18-15(22)19-9-12-5-3-7-17(12,11-19)14(20)21/h4,6,8,12H,3,5,7,9-11H2,1-2H3,(H,18,22)(H,20,21)/t12-,17+/m0/s1. The normalized spacial score (nSPS) is 27.0. The lowest BCUT2D eigenvalue weighted by Gasteiger charge is -2.27. The molecule has 5 nitrogen and oxygen atoms in total. The molecule has 2 fully saturated rings.